The maximum absolute atomic E-state index is 10.2. The van der Waals surface area contributed by atoms with Crippen LogP contribution in [0.15, 0.2) is 0 Å². The number of carbonyl (C=O) groups is 2. The van der Waals surface area contributed by atoms with Gasteiger partial charge in [0.15, 0.2) is 0 Å². The van der Waals surface area contributed by atoms with Crippen LogP contribution in [0.3, 0.4) is 0 Å². The van der Waals surface area contributed by atoms with Gasteiger partial charge in [0.2, 0.25) is 0 Å². The number of rotatable bonds is 34. The summed E-state index contributed by atoms with van der Waals surface area (Å²) in [6.07, 6.45) is 38.3. The second-order valence-corrected chi connectivity index (χ2v) is 14.3. The molecule has 7 heteroatoms. The molecule has 0 N–H and O–H groups in total. The fourth-order valence-electron chi connectivity index (χ4n) is 5.11. The minimum atomic E-state index is -0.939. The molecule has 0 aliphatic carbocycles. The molecule has 0 aliphatic rings. The zero-order valence-electron chi connectivity index (χ0n) is 28.8. The van der Waals surface area contributed by atoms with Gasteiger partial charge in [-0.15, -0.1) is 0 Å². The van der Waals surface area contributed by atoms with E-state index >= 15 is 0 Å². The Morgan fingerprint density at radius 3 is 0.744 bits per heavy atom. The number of hydrogen-bond donors (Lipinski definition) is 0. The van der Waals surface area contributed by atoms with E-state index in [2.05, 4.69) is 13.8 Å². The van der Waals surface area contributed by atoms with Crippen molar-refractivity contribution >= 4 is 35.5 Å². The average molecular weight is 696 g/mol. The van der Waals surface area contributed by atoms with Gasteiger partial charge in [0, 0.05) is 11.5 Å². The molecule has 0 amide bonds. The molecular weight excluding hydrogens is 626 g/mol. The molecule has 0 radical (unpaired) electrons. The smallest absolute Gasteiger partial charge is 0.549 e. The van der Waals surface area contributed by atoms with E-state index < -0.39 is 11.9 Å². The van der Waals surface area contributed by atoms with E-state index in [1.54, 1.807) is 0 Å². The summed E-state index contributed by atoms with van der Waals surface area (Å²) in [5, 5.41) is 20.4. The van der Waals surface area contributed by atoms with Crippen molar-refractivity contribution in [2.45, 2.75) is 194 Å². The summed E-state index contributed by atoms with van der Waals surface area (Å²) in [6, 6.07) is 0. The number of hydrogen-bond acceptors (Lipinski definition) is 6. The van der Waals surface area contributed by atoms with Crippen LogP contribution in [0, 0.1) is 0 Å². The molecule has 4 nitrogen and oxygen atoms in total. The van der Waals surface area contributed by atoms with E-state index in [9.17, 15) is 19.8 Å². The molecule has 0 saturated heterocycles. The van der Waals surface area contributed by atoms with Crippen LogP contribution in [0.5, 0.6) is 0 Å². The van der Waals surface area contributed by atoms with Crippen molar-refractivity contribution in [1.29, 1.82) is 0 Å². The second-order valence-electron chi connectivity index (χ2n) is 12.0. The fourth-order valence-corrected chi connectivity index (χ4v) is 6.55. The summed E-state index contributed by atoms with van der Waals surface area (Å²) >= 11 is 2.97. The van der Waals surface area contributed by atoms with Crippen LogP contribution >= 0.6 is 23.5 Å². The SMILES string of the molecule is CCCCCCCCCCCCCCCCSCC(=O)[O-].CCCCCCCCCCCCCCCCSCC(=O)[O-].[Zn+2]. The average Bonchev–Trinajstić information content (AvgIpc) is 2.97. The Morgan fingerprint density at radius 2 is 0.558 bits per heavy atom. The van der Waals surface area contributed by atoms with Crippen molar-refractivity contribution in [3.05, 3.63) is 0 Å². The molecular formula is C36H70O4S2Zn. The van der Waals surface area contributed by atoms with Crippen molar-refractivity contribution in [3.63, 3.8) is 0 Å². The monoisotopic (exact) mass is 694 g/mol. The minimum Gasteiger partial charge on any atom is -0.549 e. The zero-order valence-corrected chi connectivity index (χ0v) is 33.4. The summed E-state index contributed by atoms with van der Waals surface area (Å²) in [5.74, 6) is 0.352. The molecule has 0 rings (SSSR count). The first-order valence-electron chi connectivity index (χ1n) is 18.1. The summed E-state index contributed by atoms with van der Waals surface area (Å²) in [6.45, 7) is 4.54. The summed E-state index contributed by atoms with van der Waals surface area (Å²) in [7, 11) is 0. The third-order valence-corrected chi connectivity index (χ3v) is 9.76. The molecule has 0 aromatic rings. The topological polar surface area (TPSA) is 80.3 Å². The van der Waals surface area contributed by atoms with Gasteiger partial charge in [-0.2, -0.15) is 23.5 Å². The van der Waals surface area contributed by atoms with E-state index in [1.807, 2.05) is 0 Å². The Morgan fingerprint density at radius 1 is 0.372 bits per heavy atom. The largest absolute Gasteiger partial charge is 2.00 e. The molecule has 0 unspecified atom stereocenters. The van der Waals surface area contributed by atoms with Crippen LogP contribution in [-0.2, 0) is 29.1 Å². The standard InChI is InChI=1S/2C18H36O2S.Zn/c2*1-2-3-4-5-6-7-8-9-10-11-12-13-14-15-16-21-17-18(19)20;/h2*2-17H2,1H3,(H,19,20);/q;;+2/p-2. The van der Waals surface area contributed by atoms with Crippen molar-refractivity contribution in [3.8, 4) is 0 Å². The van der Waals surface area contributed by atoms with Crippen molar-refractivity contribution < 1.29 is 39.3 Å². The molecule has 0 aromatic heterocycles. The van der Waals surface area contributed by atoms with Gasteiger partial charge in [0.25, 0.3) is 0 Å². The predicted octanol–water partition coefficient (Wildman–Crippen LogP) is 9.90. The Balaban J connectivity index is -0.000000727. The van der Waals surface area contributed by atoms with Gasteiger partial charge in [-0.25, -0.2) is 0 Å². The van der Waals surface area contributed by atoms with E-state index in [1.165, 1.54) is 190 Å². The fraction of sp³-hybridized carbons (Fsp3) is 0.944. The molecule has 43 heavy (non-hydrogen) atoms. The van der Waals surface area contributed by atoms with E-state index in [4.69, 9.17) is 0 Å². The van der Waals surface area contributed by atoms with Gasteiger partial charge in [-0.3, -0.25) is 0 Å². The molecule has 0 atom stereocenters. The van der Waals surface area contributed by atoms with Gasteiger partial charge in [0.05, 0.1) is 11.9 Å². The summed E-state index contributed by atoms with van der Waals surface area (Å²) < 4.78 is 0. The molecule has 0 bridgehead atoms. The Hall–Kier alpha value is 0.263. The Bertz CT molecular complexity index is 491. The first-order chi connectivity index (χ1) is 20.5. The summed E-state index contributed by atoms with van der Waals surface area (Å²) in [4.78, 5) is 20.4. The minimum absolute atomic E-state index is 0. The van der Waals surface area contributed by atoms with E-state index in [0.29, 0.717) is 0 Å². The Kier molecular flexibility index (Phi) is 49.2. The number of carbonyl (C=O) groups excluding carboxylic acids is 2. The van der Waals surface area contributed by atoms with Crippen LogP contribution in [0.1, 0.15) is 194 Å². The van der Waals surface area contributed by atoms with Crippen LogP contribution < -0.4 is 10.2 Å². The first kappa shape index (κ1) is 47.7. The van der Waals surface area contributed by atoms with Gasteiger partial charge in [-0.05, 0) is 24.3 Å². The quantitative estimate of drug-likeness (QED) is 0.0492. The molecule has 252 valence electrons. The van der Waals surface area contributed by atoms with Crippen LogP contribution in [0.2, 0.25) is 0 Å². The molecule has 0 saturated carbocycles. The van der Waals surface area contributed by atoms with Crippen LogP contribution in [0.4, 0.5) is 0 Å². The van der Waals surface area contributed by atoms with Gasteiger partial charge in [0.1, 0.15) is 0 Å². The zero-order chi connectivity index (χ0) is 31.2. The maximum Gasteiger partial charge on any atom is 2.00 e. The molecule has 0 fully saturated rings. The number of carboxylic acid groups (broad SMARTS) is 2. The number of carboxylic acids is 2. The molecule has 0 aliphatic heterocycles. The van der Waals surface area contributed by atoms with E-state index in [0.717, 1.165) is 24.3 Å². The maximum atomic E-state index is 10.2. The Labute approximate surface area is 290 Å². The predicted molar refractivity (Wildman–Crippen MR) is 185 cm³/mol. The van der Waals surface area contributed by atoms with Crippen LogP contribution in [-0.4, -0.2) is 35.0 Å². The van der Waals surface area contributed by atoms with Crippen LogP contribution in [0.25, 0.3) is 0 Å². The number of thioether (sulfide) groups is 2. The molecule has 0 heterocycles. The van der Waals surface area contributed by atoms with Crippen molar-refractivity contribution in [2.75, 3.05) is 23.0 Å². The van der Waals surface area contributed by atoms with Gasteiger partial charge in [-0.1, -0.05) is 181 Å². The van der Waals surface area contributed by atoms with Crippen molar-refractivity contribution in [1.82, 2.24) is 0 Å². The summed E-state index contributed by atoms with van der Waals surface area (Å²) in [5.41, 5.74) is 0. The third kappa shape index (κ3) is 52.1. The van der Waals surface area contributed by atoms with Gasteiger partial charge >= 0.3 is 19.5 Å². The normalized spacial score (nSPS) is 10.7. The second kappa shape index (κ2) is 44.4. The third-order valence-electron chi connectivity index (χ3n) is 7.72. The van der Waals surface area contributed by atoms with Gasteiger partial charge < -0.3 is 19.8 Å². The first-order valence-corrected chi connectivity index (χ1v) is 20.4. The molecule has 0 aromatic carbocycles. The number of aliphatic carboxylic acids is 2. The van der Waals surface area contributed by atoms with Crippen molar-refractivity contribution in [2.24, 2.45) is 0 Å². The number of unbranched alkanes of at least 4 members (excludes halogenated alkanes) is 26. The van der Waals surface area contributed by atoms with E-state index in [-0.39, 0.29) is 31.0 Å². The molecule has 0 spiro atoms.